The number of amides is 2. The van der Waals surface area contributed by atoms with Crippen molar-refractivity contribution in [3.05, 3.63) is 60.0 Å². The van der Waals surface area contributed by atoms with Crippen LogP contribution >= 0.6 is 0 Å². The van der Waals surface area contributed by atoms with Gasteiger partial charge in [0.1, 0.15) is 0 Å². The third kappa shape index (κ3) is 4.03. The third-order valence-corrected chi connectivity index (χ3v) is 7.64. The number of hydrogen-bond donors (Lipinski definition) is 1. The normalized spacial score (nSPS) is 22.4. The summed E-state index contributed by atoms with van der Waals surface area (Å²) >= 11 is 0. The highest BCUT2D eigenvalue weighted by Crippen LogP contribution is 2.36. The molecule has 9 heteroatoms. The van der Waals surface area contributed by atoms with E-state index in [-0.39, 0.29) is 36.1 Å². The van der Waals surface area contributed by atoms with Gasteiger partial charge >= 0.3 is 0 Å². The SMILES string of the molecule is CC1NN(C)c2cc(-c3noc(C4CCN(C(=O)[C@@H]5CC(=O)N(c6ccccc6)C5)CC4)n3)ccc21. The number of para-hydroxylation sites is 1. The molecule has 186 valence electrons. The molecule has 2 atom stereocenters. The van der Waals surface area contributed by atoms with Crippen molar-refractivity contribution in [2.45, 2.75) is 38.1 Å². The molecule has 36 heavy (non-hydrogen) atoms. The molecule has 3 aliphatic rings. The highest BCUT2D eigenvalue weighted by atomic mass is 16.5. The second kappa shape index (κ2) is 9.05. The molecule has 3 aromatic rings. The second-order valence-electron chi connectivity index (χ2n) is 9.98. The molecular formula is C27H30N6O3. The Kier molecular flexibility index (Phi) is 5.72. The largest absolute Gasteiger partial charge is 0.342 e. The average Bonchev–Trinajstić information content (AvgIpc) is 3.62. The molecule has 0 saturated carbocycles. The van der Waals surface area contributed by atoms with Crippen LogP contribution in [0.4, 0.5) is 11.4 Å². The number of hydrazine groups is 1. The van der Waals surface area contributed by atoms with Gasteiger partial charge in [0.2, 0.25) is 23.5 Å². The number of carbonyl (C=O) groups excluding carboxylic acids is 2. The van der Waals surface area contributed by atoms with Crippen LogP contribution in [0.2, 0.25) is 0 Å². The molecule has 4 heterocycles. The minimum atomic E-state index is -0.292. The second-order valence-corrected chi connectivity index (χ2v) is 9.98. The zero-order chi connectivity index (χ0) is 24.8. The van der Waals surface area contributed by atoms with Gasteiger partial charge in [-0.2, -0.15) is 4.98 Å². The molecule has 0 bridgehead atoms. The zero-order valence-electron chi connectivity index (χ0n) is 20.6. The van der Waals surface area contributed by atoms with Gasteiger partial charge in [0.25, 0.3) is 0 Å². The van der Waals surface area contributed by atoms with Crippen molar-refractivity contribution in [2.24, 2.45) is 5.92 Å². The van der Waals surface area contributed by atoms with Crippen molar-refractivity contribution in [1.29, 1.82) is 0 Å². The van der Waals surface area contributed by atoms with Crippen molar-refractivity contribution < 1.29 is 14.1 Å². The van der Waals surface area contributed by atoms with Gasteiger partial charge in [-0.25, -0.2) is 5.43 Å². The Hall–Kier alpha value is -3.72. The lowest BCUT2D eigenvalue weighted by molar-refractivity contribution is -0.136. The fourth-order valence-electron chi connectivity index (χ4n) is 5.62. The topological polar surface area (TPSA) is 94.8 Å². The summed E-state index contributed by atoms with van der Waals surface area (Å²) in [5.41, 5.74) is 7.52. The number of anilines is 2. The maximum atomic E-state index is 13.2. The minimum Gasteiger partial charge on any atom is -0.342 e. The lowest BCUT2D eigenvalue weighted by Gasteiger charge is -2.32. The first-order valence-corrected chi connectivity index (χ1v) is 12.6. The third-order valence-electron chi connectivity index (χ3n) is 7.64. The van der Waals surface area contributed by atoms with E-state index in [9.17, 15) is 9.59 Å². The first kappa shape index (κ1) is 22.7. The Morgan fingerprint density at radius 1 is 1.11 bits per heavy atom. The van der Waals surface area contributed by atoms with Crippen molar-refractivity contribution in [2.75, 3.05) is 36.6 Å². The predicted octanol–water partition coefficient (Wildman–Crippen LogP) is 3.51. The number of carbonyl (C=O) groups is 2. The maximum absolute atomic E-state index is 13.2. The fourth-order valence-corrected chi connectivity index (χ4v) is 5.62. The van der Waals surface area contributed by atoms with Crippen LogP contribution in [-0.2, 0) is 9.59 Å². The summed E-state index contributed by atoms with van der Waals surface area (Å²) in [6.07, 6.45) is 1.81. The van der Waals surface area contributed by atoms with E-state index < -0.39 is 0 Å². The molecule has 2 aromatic carbocycles. The van der Waals surface area contributed by atoms with Gasteiger partial charge in [0, 0.05) is 50.3 Å². The smallest absolute Gasteiger partial charge is 0.230 e. The molecule has 1 aromatic heterocycles. The lowest BCUT2D eigenvalue weighted by Crippen LogP contribution is -2.42. The summed E-state index contributed by atoms with van der Waals surface area (Å²) in [5, 5.41) is 6.27. The van der Waals surface area contributed by atoms with Crippen molar-refractivity contribution in [1.82, 2.24) is 20.5 Å². The number of nitrogens with zero attached hydrogens (tertiary/aromatic N) is 5. The van der Waals surface area contributed by atoms with Gasteiger partial charge in [-0.1, -0.05) is 35.5 Å². The monoisotopic (exact) mass is 486 g/mol. The molecule has 2 fully saturated rings. The van der Waals surface area contributed by atoms with E-state index in [0.29, 0.717) is 31.3 Å². The number of nitrogens with one attached hydrogen (secondary N) is 1. The molecule has 2 amide bonds. The number of aromatic nitrogens is 2. The molecule has 9 nitrogen and oxygen atoms in total. The van der Waals surface area contributed by atoms with Crippen LogP contribution in [-0.4, -0.2) is 53.5 Å². The standard InChI is InChI=1S/C27H30N6O3/c1-17-22-9-8-19(14-23(22)31(2)29-17)25-28-26(36-30-25)18-10-12-32(13-11-18)27(35)20-15-24(34)33(16-20)21-6-4-3-5-7-21/h3-9,14,17-18,20,29H,10-13,15-16H2,1-2H3/t17?,20-/m1/s1. The molecule has 1 N–H and O–H groups in total. The Balaban J connectivity index is 1.08. The van der Waals surface area contributed by atoms with Crippen LogP contribution in [0.25, 0.3) is 11.4 Å². The highest BCUT2D eigenvalue weighted by molar-refractivity contribution is 6.00. The van der Waals surface area contributed by atoms with Crippen molar-refractivity contribution in [3.63, 3.8) is 0 Å². The molecule has 2 saturated heterocycles. The Morgan fingerprint density at radius 2 is 1.89 bits per heavy atom. The number of fused-ring (bicyclic) bond motifs is 1. The first-order valence-electron chi connectivity index (χ1n) is 12.6. The van der Waals surface area contributed by atoms with Gasteiger partial charge in [-0.3, -0.25) is 9.59 Å². The van der Waals surface area contributed by atoms with E-state index in [1.165, 1.54) is 5.56 Å². The number of hydrogen-bond acceptors (Lipinski definition) is 7. The van der Waals surface area contributed by atoms with Gasteiger partial charge in [-0.15, -0.1) is 0 Å². The van der Waals surface area contributed by atoms with E-state index in [1.54, 1.807) is 4.90 Å². The highest BCUT2D eigenvalue weighted by Gasteiger charge is 2.38. The molecular weight excluding hydrogens is 456 g/mol. The van der Waals surface area contributed by atoms with Crippen molar-refractivity contribution in [3.8, 4) is 11.4 Å². The fraction of sp³-hybridized carbons (Fsp3) is 0.407. The summed E-state index contributed by atoms with van der Waals surface area (Å²) in [4.78, 5) is 34.1. The van der Waals surface area contributed by atoms with Crippen LogP contribution in [0.15, 0.2) is 53.1 Å². The van der Waals surface area contributed by atoms with Gasteiger partial charge in [0.15, 0.2) is 0 Å². The van der Waals surface area contributed by atoms with E-state index >= 15 is 0 Å². The van der Waals surface area contributed by atoms with Crippen LogP contribution in [0.1, 0.15) is 49.6 Å². The molecule has 0 aliphatic carbocycles. The quantitative estimate of drug-likeness (QED) is 0.603. The van der Waals surface area contributed by atoms with Crippen LogP contribution in [0, 0.1) is 5.92 Å². The summed E-state index contributed by atoms with van der Waals surface area (Å²) in [7, 11) is 2.00. The van der Waals surface area contributed by atoms with Crippen LogP contribution in [0.5, 0.6) is 0 Å². The Labute approximate surface area is 210 Å². The van der Waals surface area contributed by atoms with Crippen LogP contribution in [0.3, 0.4) is 0 Å². The van der Waals surface area contributed by atoms with Gasteiger partial charge < -0.3 is 19.3 Å². The maximum Gasteiger partial charge on any atom is 0.230 e. The summed E-state index contributed by atoms with van der Waals surface area (Å²) in [5.74, 6) is 1.13. The predicted molar refractivity (Wildman–Crippen MR) is 135 cm³/mol. The number of benzene rings is 2. The van der Waals surface area contributed by atoms with E-state index in [4.69, 9.17) is 9.51 Å². The Morgan fingerprint density at radius 3 is 2.67 bits per heavy atom. The number of likely N-dealkylation sites (tertiary alicyclic amines) is 1. The van der Waals surface area contributed by atoms with E-state index in [1.807, 2.05) is 53.4 Å². The number of rotatable bonds is 4. The summed E-state index contributed by atoms with van der Waals surface area (Å²) < 4.78 is 5.65. The van der Waals surface area contributed by atoms with Gasteiger partial charge in [-0.05, 0) is 43.5 Å². The molecule has 6 rings (SSSR count). The molecule has 0 radical (unpaired) electrons. The summed E-state index contributed by atoms with van der Waals surface area (Å²) in [6.45, 7) is 3.84. The first-order chi connectivity index (χ1) is 17.5. The molecule has 3 aliphatic heterocycles. The molecule has 1 unspecified atom stereocenters. The summed E-state index contributed by atoms with van der Waals surface area (Å²) in [6, 6.07) is 16.1. The zero-order valence-corrected chi connectivity index (χ0v) is 20.6. The van der Waals surface area contributed by atoms with Crippen LogP contribution < -0.4 is 15.3 Å². The minimum absolute atomic E-state index is 0.0100. The van der Waals surface area contributed by atoms with E-state index in [2.05, 4.69) is 29.6 Å². The van der Waals surface area contributed by atoms with Crippen molar-refractivity contribution >= 4 is 23.2 Å². The van der Waals surface area contributed by atoms with Gasteiger partial charge in [0.05, 0.1) is 17.6 Å². The average molecular weight is 487 g/mol. The number of piperidine rings is 1. The Bertz CT molecular complexity index is 1280. The van der Waals surface area contributed by atoms with E-state index in [0.717, 1.165) is 29.8 Å². The lowest BCUT2D eigenvalue weighted by atomic mass is 9.95. The molecule has 0 spiro atoms.